The number of rotatable bonds is 7. The van der Waals surface area contributed by atoms with Crippen molar-refractivity contribution in [3.8, 4) is 0 Å². The van der Waals surface area contributed by atoms with Crippen molar-refractivity contribution in [1.29, 1.82) is 0 Å². The fourth-order valence-electron chi connectivity index (χ4n) is 6.53. The van der Waals surface area contributed by atoms with E-state index in [2.05, 4.69) is 84.3 Å². The molecule has 5 aromatic carbocycles. The lowest BCUT2D eigenvalue weighted by Crippen LogP contribution is -2.38. The lowest BCUT2D eigenvalue weighted by atomic mass is 9.76. The fraction of sp³-hybridized carbons (Fsp3) is 0.105. The number of benzene rings is 5. The number of imidazole rings is 1. The second kappa shape index (κ2) is 10.9. The van der Waals surface area contributed by atoms with Crippen molar-refractivity contribution in [2.24, 2.45) is 0 Å². The van der Waals surface area contributed by atoms with E-state index in [0.29, 0.717) is 11.9 Å². The SMILES string of the molecule is Cc1c(Cn2ccc3c(CO)cc4ccccc4c3c2=O)ncn1C(c1ccccc1)(c1ccccc1)c1ccccc1. The lowest BCUT2D eigenvalue weighted by molar-refractivity contribution is 0.283. The molecule has 0 unspecified atom stereocenters. The molecule has 5 heteroatoms. The highest BCUT2D eigenvalue weighted by Crippen LogP contribution is 2.42. The van der Waals surface area contributed by atoms with E-state index in [1.54, 1.807) is 4.57 Å². The number of aromatic nitrogens is 3. The van der Waals surface area contributed by atoms with Gasteiger partial charge in [0.2, 0.25) is 0 Å². The third kappa shape index (κ3) is 4.28. The van der Waals surface area contributed by atoms with Gasteiger partial charge in [-0.1, -0.05) is 115 Å². The summed E-state index contributed by atoms with van der Waals surface area (Å²) in [5, 5.41) is 13.3. The number of pyridine rings is 1. The normalized spacial score (nSPS) is 11.8. The summed E-state index contributed by atoms with van der Waals surface area (Å²) in [6.07, 6.45) is 3.72. The Bertz CT molecular complexity index is 2020. The van der Waals surface area contributed by atoms with Gasteiger partial charge in [-0.25, -0.2) is 4.98 Å². The molecule has 0 amide bonds. The van der Waals surface area contributed by atoms with Gasteiger partial charge in [0.1, 0.15) is 5.54 Å². The van der Waals surface area contributed by atoms with Crippen LogP contribution in [0.4, 0.5) is 0 Å². The van der Waals surface area contributed by atoms with E-state index < -0.39 is 5.54 Å². The number of hydrogen-bond donors (Lipinski definition) is 1. The Labute approximate surface area is 250 Å². The molecule has 0 saturated carbocycles. The molecule has 0 aliphatic heterocycles. The first-order valence-electron chi connectivity index (χ1n) is 14.5. The maximum Gasteiger partial charge on any atom is 0.259 e. The van der Waals surface area contributed by atoms with Gasteiger partial charge >= 0.3 is 0 Å². The Morgan fingerprint density at radius 3 is 1.86 bits per heavy atom. The molecular weight excluding hydrogens is 530 g/mol. The maximum atomic E-state index is 14.0. The van der Waals surface area contributed by atoms with E-state index in [1.165, 1.54) is 0 Å². The topological polar surface area (TPSA) is 60.1 Å². The van der Waals surface area contributed by atoms with Crippen LogP contribution in [0.15, 0.2) is 145 Å². The van der Waals surface area contributed by atoms with Crippen LogP contribution in [-0.4, -0.2) is 19.2 Å². The van der Waals surface area contributed by atoms with Gasteiger partial charge in [0, 0.05) is 11.9 Å². The van der Waals surface area contributed by atoms with E-state index in [4.69, 9.17) is 4.98 Å². The molecule has 0 fully saturated rings. The zero-order chi connectivity index (χ0) is 29.4. The summed E-state index contributed by atoms with van der Waals surface area (Å²) in [7, 11) is 0. The summed E-state index contributed by atoms with van der Waals surface area (Å²) >= 11 is 0. The van der Waals surface area contributed by atoms with E-state index in [0.717, 1.165) is 49.8 Å². The molecule has 7 rings (SSSR count). The molecule has 0 aliphatic carbocycles. The number of aliphatic hydroxyl groups is 1. The predicted octanol–water partition coefficient (Wildman–Crippen LogP) is 7.04. The largest absolute Gasteiger partial charge is 0.392 e. The number of fused-ring (bicyclic) bond motifs is 3. The van der Waals surface area contributed by atoms with Crippen LogP contribution in [0.2, 0.25) is 0 Å². The molecule has 0 atom stereocenters. The van der Waals surface area contributed by atoms with Crippen molar-refractivity contribution in [3.63, 3.8) is 0 Å². The van der Waals surface area contributed by atoms with Gasteiger partial charge in [-0.3, -0.25) is 4.79 Å². The van der Waals surface area contributed by atoms with Crippen LogP contribution < -0.4 is 5.56 Å². The highest BCUT2D eigenvalue weighted by atomic mass is 16.3. The molecule has 1 N–H and O–H groups in total. The summed E-state index contributed by atoms with van der Waals surface area (Å²) in [6.45, 7) is 2.27. The monoisotopic (exact) mass is 561 g/mol. The van der Waals surface area contributed by atoms with Crippen molar-refractivity contribution in [2.75, 3.05) is 0 Å². The molecule has 2 heterocycles. The van der Waals surface area contributed by atoms with Crippen LogP contribution in [-0.2, 0) is 18.7 Å². The summed E-state index contributed by atoms with van der Waals surface area (Å²) in [5.74, 6) is 0. The van der Waals surface area contributed by atoms with E-state index in [-0.39, 0.29) is 12.2 Å². The first-order chi connectivity index (χ1) is 21.1. The zero-order valence-electron chi connectivity index (χ0n) is 23.9. The molecule has 0 spiro atoms. The predicted molar refractivity (Wildman–Crippen MR) is 172 cm³/mol. The van der Waals surface area contributed by atoms with E-state index in [1.807, 2.05) is 67.1 Å². The highest BCUT2D eigenvalue weighted by molar-refractivity contribution is 6.08. The third-order valence-electron chi connectivity index (χ3n) is 8.61. The second-order valence-corrected chi connectivity index (χ2v) is 10.9. The molecule has 0 bridgehead atoms. The first-order valence-corrected chi connectivity index (χ1v) is 14.5. The Hall–Kier alpha value is -5.26. The van der Waals surface area contributed by atoms with Crippen molar-refractivity contribution >= 4 is 21.5 Å². The lowest BCUT2D eigenvalue weighted by Gasteiger charge is -2.38. The number of hydrogen-bond acceptors (Lipinski definition) is 3. The molecule has 5 nitrogen and oxygen atoms in total. The van der Waals surface area contributed by atoms with Crippen LogP contribution in [0.1, 0.15) is 33.6 Å². The zero-order valence-corrected chi connectivity index (χ0v) is 23.9. The molecule has 0 aliphatic rings. The van der Waals surface area contributed by atoms with Crippen molar-refractivity contribution < 1.29 is 5.11 Å². The Morgan fingerprint density at radius 2 is 1.28 bits per heavy atom. The molecule has 7 aromatic rings. The van der Waals surface area contributed by atoms with Crippen LogP contribution in [0.5, 0.6) is 0 Å². The molecule has 0 radical (unpaired) electrons. The summed E-state index contributed by atoms with van der Waals surface area (Å²) < 4.78 is 3.97. The second-order valence-electron chi connectivity index (χ2n) is 10.9. The van der Waals surface area contributed by atoms with E-state index >= 15 is 0 Å². The Balaban J connectivity index is 1.43. The third-order valence-corrected chi connectivity index (χ3v) is 8.61. The molecule has 2 aromatic heterocycles. The molecule has 0 saturated heterocycles. The van der Waals surface area contributed by atoms with Gasteiger partial charge in [-0.15, -0.1) is 0 Å². The first kappa shape index (κ1) is 26.6. The van der Waals surface area contributed by atoms with Crippen LogP contribution in [0, 0.1) is 6.92 Å². The van der Waals surface area contributed by atoms with E-state index in [9.17, 15) is 9.90 Å². The van der Waals surface area contributed by atoms with Gasteiger partial charge in [-0.05, 0) is 57.5 Å². The van der Waals surface area contributed by atoms with Crippen LogP contribution in [0.25, 0.3) is 21.5 Å². The summed E-state index contributed by atoms with van der Waals surface area (Å²) in [5.41, 5.74) is 5.10. The molecule has 210 valence electrons. The minimum absolute atomic E-state index is 0.0987. The summed E-state index contributed by atoms with van der Waals surface area (Å²) in [4.78, 5) is 19.0. The van der Waals surface area contributed by atoms with Gasteiger partial charge in [0.25, 0.3) is 5.56 Å². The molecular formula is C38H31N3O2. The van der Waals surface area contributed by atoms with Gasteiger partial charge in [-0.2, -0.15) is 0 Å². The average Bonchev–Trinajstić information content (AvgIpc) is 3.43. The highest BCUT2D eigenvalue weighted by Gasteiger charge is 2.39. The maximum absolute atomic E-state index is 14.0. The van der Waals surface area contributed by atoms with Gasteiger partial charge in [0.15, 0.2) is 0 Å². The van der Waals surface area contributed by atoms with Crippen LogP contribution in [0.3, 0.4) is 0 Å². The molecule has 43 heavy (non-hydrogen) atoms. The summed E-state index contributed by atoms with van der Waals surface area (Å²) in [6, 6.07) is 43.3. The fourth-order valence-corrected chi connectivity index (χ4v) is 6.53. The Kier molecular flexibility index (Phi) is 6.72. The minimum Gasteiger partial charge on any atom is -0.392 e. The minimum atomic E-state index is -0.681. The van der Waals surface area contributed by atoms with Crippen molar-refractivity contribution in [3.05, 3.63) is 184 Å². The van der Waals surface area contributed by atoms with Crippen LogP contribution >= 0.6 is 0 Å². The van der Waals surface area contributed by atoms with Crippen molar-refractivity contribution in [2.45, 2.75) is 25.6 Å². The number of aliphatic hydroxyl groups excluding tert-OH is 1. The van der Waals surface area contributed by atoms with Gasteiger partial charge in [0.05, 0.1) is 30.6 Å². The van der Waals surface area contributed by atoms with Gasteiger partial charge < -0.3 is 14.2 Å². The average molecular weight is 562 g/mol. The number of nitrogens with zero attached hydrogens (tertiary/aromatic N) is 3. The quantitative estimate of drug-likeness (QED) is 0.168. The Morgan fingerprint density at radius 1 is 0.721 bits per heavy atom. The smallest absolute Gasteiger partial charge is 0.259 e. The standard InChI is InChI=1S/C38H31N3O2/c1-27-35(24-40-22-21-34-29(25-42)23-28-13-11-12-20-33(28)36(34)37(40)43)39-26-41(27)38(30-14-5-2-6-15-30,31-16-7-3-8-17-31)32-18-9-4-10-19-32/h2-23,26,42H,24-25H2,1H3. The van der Waals surface area contributed by atoms with Crippen molar-refractivity contribution in [1.82, 2.24) is 14.1 Å².